The SMILES string of the molecule is Cc1cnc(NCCNC(=O)c2cccnc2)c(N)c1. The summed E-state index contributed by atoms with van der Waals surface area (Å²) >= 11 is 0. The topological polar surface area (TPSA) is 92.9 Å². The van der Waals surface area contributed by atoms with Crippen molar-refractivity contribution in [1.82, 2.24) is 15.3 Å². The van der Waals surface area contributed by atoms with Gasteiger partial charge in [0.15, 0.2) is 0 Å². The Balaban J connectivity index is 1.78. The maximum atomic E-state index is 11.7. The Morgan fingerprint density at radius 3 is 2.90 bits per heavy atom. The van der Waals surface area contributed by atoms with Crippen molar-refractivity contribution in [3.05, 3.63) is 47.9 Å². The van der Waals surface area contributed by atoms with Crippen LogP contribution in [0, 0.1) is 6.92 Å². The molecule has 0 bridgehead atoms. The summed E-state index contributed by atoms with van der Waals surface area (Å²) in [5.74, 6) is 0.482. The summed E-state index contributed by atoms with van der Waals surface area (Å²) in [5, 5.41) is 5.87. The predicted octanol–water partition coefficient (Wildman–Crippen LogP) is 1.21. The number of nitrogens with one attached hydrogen (secondary N) is 2. The number of aryl methyl sites for hydroxylation is 1. The Hall–Kier alpha value is -2.63. The van der Waals surface area contributed by atoms with Gasteiger partial charge in [0.05, 0.1) is 11.3 Å². The van der Waals surface area contributed by atoms with E-state index in [0.29, 0.717) is 30.2 Å². The molecule has 6 nitrogen and oxygen atoms in total. The normalized spacial score (nSPS) is 10.1. The minimum absolute atomic E-state index is 0.148. The molecular formula is C14H17N5O. The van der Waals surface area contributed by atoms with E-state index in [9.17, 15) is 4.79 Å². The number of nitrogens with two attached hydrogens (primary N) is 1. The lowest BCUT2D eigenvalue weighted by Gasteiger charge is -2.09. The Bertz CT molecular complexity index is 585. The van der Waals surface area contributed by atoms with Gasteiger partial charge < -0.3 is 16.4 Å². The Morgan fingerprint density at radius 1 is 1.35 bits per heavy atom. The number of hydrogen-bond donors (Lipinski definition) is 3. The molecule has 2 aromatic heterocycles. The number of rotatable bonds is 5. The highest BCUT2D eigenvalue weighted by Crippen LogP contribution is 2.14. The molecule has 0 radical (unpaired) electrons. The molecule has 104 valence electrons. The molecule has 0 spiro atoms. The van der Waals surface area contributed by atoms with Crippen LogP contribution in [0.1, 0.15) is 15.9 Å². The van der Waals surface area contributed by atoms with E-state index in [4.69, 9.17) is 5.73 Å². The van der Waals surface area contributed by atoms with Crippen molar-refractivity contribution in [2.75, 3.05) is 24.1 Å². The lowest BCUT2D eigenvalue weighted by Crippen LogP contribution is -2.29. The monoisotopic (exact) mass is 271 g/mol. The zero-order chi connectivity index (χ0) is 14.4. The molecule has 0 saturated carbocycles. The molecule has 4 N–H and O–H groups in total. The fourth-order valence-corrected chi connectivity index (χ4v) is 1.70. The zero-order valence-electron chi connectivity index (χ0n) is 11.3. The summed E-state index contributed by atoms with van der Waals surface area (Å²) in [7, 11) is 0. The first-order valence-electron chi connectivity index (χ1n) is 6.31. The van der Waals surface area contributed by atoms with Gasteiger partial charge in [-0.1, -0.05) is 0 Å². The van der Waals surface area contributed by atoms with Crippen LogP contribution in [0.3, 0.4) is 0 Å². The highest BCUT2D eigenvalue weighted by molar-refractivity contribution is 5.93. The summed E-state index contributed by atoms with van der Waals surface area (Å²) < 4.78 is 0. The van der Waals surface area contributed by atoms with Gasteiger partial charge in [-0.3, -0.25) is 9.78 Å². The minimum atomic E-state index is -0.148. The van der Waals surface area contributed by atoms with E-state index < -0.39 is 0 Å². The number of amides is 1. The summed E-state index contributed by atoms with van der Waals surface area (Å²) in [4.78, 5) is 19.8. The Kier molecular flexibility index (Phi) is 4.49. The van der Waals surface area contributed by atoms with Crippen molar-refractivity contribution in [1.29, 1.82) is 0 Å². The van der Waals surface area contributed by atoms with Crippen LogP contribution >= 0.6 is 0 Å². The van der Waals surface area contributed by atoms with Crippen molar-refractivity contribution < 1.29 is 4.79 Å². The van der Waals surface area contributed by atoms with Crippen LogP contribution in [-0.4, -0.2) is 29.0 Å². The molecule has 1 amide bonds. The molecule has 2 rings (SSSR count). The van der Waals surface area contributed by atoms with Gasteiger partial charge in [0.25, 0.3) is 5.91 Å². The molecule has 6 heteroatoms. The highest BCUT2D eigenvalue weighted by Gasteiger charge is 2.04. The van der Waals surface area contributed by atoms with E-state index in [-0.39, 0.29) is 5.91 Å². The largest absolute Gasteiger partial charge is 0.396 e. The standard InChI is InChI=1S/C14H17N5O/c1-10-7-12(15)13(19-8-10)17-5-6-18-14(20)11-3-2-4-16-9-11/h2-4,7-9H,5-6,15H2,1H3,(H,17,19)(H,18,20). The van der Waals surface area contributed by atoms with Gasteiger partial charge in [0, 0.05) is 31.7 Å². The van der Waals surface area contributed by atoms with Gasteiger partial charge in [0.2, 0.25) is 0 Å². The van der Waals surface area contributed by atoms with E-state index in [0.717, 1.165) is 5.56 Å². The molecule has 0 saturated heterocycles. The summed E-state index contributed by atoms with van der Waals surface area (Å²) in [5.41, 5.74) is 7.99. The first-order chi connectivity index (χ1) is 9.66. The number of carbonyl (C=O) groups is 1. The third-order valence-corrected chi connectivity index (χ3v) is 2.68. The van der Waals surface area contributed by atoms with Crippen LogP contribution in [0.15, 0.2) is 36.8 Å². The molecule has 0 aliphatic heterocycles. The van der Waals surface area contributed by atoms with E-state index in [1.54, 1.807) is 24.5 Å². The molecule has 0 unspecified atom stereocenters. The maximum Gasteiger partial charge on any atom is 0.252 e. The van der Waals surface area contributed by atoms with Crippen LogP contribution < -0.4 is 16.4 Å². The minimum Gasteiger partial charge on any atom is -0.396 e. The van der Waals surface area contributed by atoms with Gasteiger partial charge in [-0.25, -0.2) is 4.98 Å². The van der Waals surface area contributed by atoms with Gasteiger partial charge >= 0.3 is 0 Å². The molecule has 0 aliphatic rings. The van der Waals surface area contributed by atoms with Gasteiger partial charge in [-0.15, -0.1) is 0 Å². The maximum absolute atomic E-state index is 11.7. The summed E-state index contributed by atoms with van der Waals surface area (Å²) in [6, 6.07) is 5.29. The molecule has 0 atom stereocenters. The van der Waals surface area contributed by atoms with Crippen molar-refractivity contribution in [3.8, 4) is 0 Å². The third kappa shape index (κ3) is 3.68. The smallest absolute Gasteiger partial charge is 0.252 e. The van der Waals surface area contributed by atoms with Crippen LogP contribution in [-0.2, 0) is 0 Å². The fraction of sp³-hybridized carbons (Fsp3) is 0.214. The van der Waals surface area contributed by atoms with Gasteiger partial charge in [-0.2, -0.15) is 0 Å². The summed E-state index contributed by atoms with van der Waals surface area (Å²) in [6.07, 6.45) is 4.90. The lowest BCUT2D eigenvalue weighted by molar-refractivity contribution is 0.0955. The summed E-state index contributed by atoms with van der Waals surface area (Å²) in [6.45, 7) is 2.95. The Labute approximate surface area is 117 Å². The molecule has 20 heavy (non-hydrogen) atoms. The van der Waals surface area contributed by atoms with E-state index in [1.165, 1.54) is 6.20 Å². The second-order valence-electron chi connectivity index (χ2n) is 4.37. The predicted molar refractivity (Wildman–Crippen MR) is 78.4 cm³/mol. The number of aromatic nitrogens is 2. The molecular weight excluding hydrogens is 254 g/mol. The van der Waals surface area contributed by atoms with Gasteiger partial charge in [0.1, 0.15) is 5.82 Å². The number of anilines is 2. The van der Waals surface area contributed by atoms with Crippen LogP contribution in [0.2, 0.25) is 0 Å². The number of carbonyl (C=O) groups excluding carboxylic acids is 1. The number of nitrogen functional groups attached to an aromatic ring is 1. The van der Waals surface area contributed by atoms with Gasteiger partial charge in [-0.05, 0) is 30.7 Å². The van der Waals surface area contributed by atoms with Crippen LogP contribution in [0.25, 0.3) is 0 Å². The second-order valence-corrected chi connectivity index (χ2v) is 4.37. The highest BCUT2D eigenvalue weighted by atomic mass is 16.1. The molecule has 2 aromatic rings. The number of pyridine rings is 2. The number of nitrogens with zero attached hydrogens (tertiary/aromatic N) is 2. The first-order valence-corrected chi connectivity index (χ1v) is 6.31. The van der Waals surface area contributed by atoms with Crippen molar-refractivity contribution in [3.63, 3.8) is 0 Å². The van der Waals surface area contributed by atoms with Crippen LogP contribution in [0.5, 0.6) is 0 Å². The van der Waals surface area contributed by atoms with E-state index >= 15 is 0 Å². The lowest BCUT2D eigenvalue weighted by atomic mass is 10.2. The third-order valence-electron chi connectivity index (χ3n) is 2.68. The van der Waals surface area contributed by atoms with Crippen LogP contribution in [0.4, 0.5) is 11.5 Å². The van der Waals surface area contributed by atoms with Crippen molar-refractivity contribution in [2.24, 2.45) is 0 Å². The molecule has 0 aliphatic carbocycles. The first kappa shape index (κ1) is 13.8. The average molecular weight is 271 g/mol. The zero-order valence-corrected chi connectivity index (χ0v) is 11.3. The quantitative estimate of drug-likeness (QED) is 0.711. The van der Waals surface area contributed by atoms with Crippen molar-refractivity contribution >= 4 is 17.4 Å². The molecule has 0 aromatic carbocycles. The number of hydrogen-bond acceptors (Lipinski definition) is 5. The van der Waals surface area contributed by atoms with Crippen molar-refractivity contribution in [2.45, 2.75) is 6.92 Å². The Morgan fingerprint density at radius 2 is 2.20 bits per heavy atom. The second kappa shape index (κ2) is 6.51. The molecule has 0 fully saturated rings. The fourth-order valence-electron chi connectivity index (χ4n) is 1.70. The molecule has 2 heterocycles. The van der Waals surface area contributed by atoms with E-state index in [1.807, 2.05) is 13.0 Å². The average Bonchev–Trinajstić information content (AvgIpc) is 2.46. The van der Waals surface area contributed by atoms with E-state index in [2.05, 4.69) is 20.6 Å².